The molecule has 21 heavy (non-hydrogen) atoms. The van der Waals surface area contributed by atoms with Crippen LogP contribution in [0.1, 0.15) is 48.3 Å². The lowest BCUT2D eigenvalue weighted by molar-refractivity contribution is 0.533. The number of nitrogens with one attached hydrogen (secondary N) is 1. The molecular formula is C17H27N3S. The van der Waals surface area contributed by atoms with Crippen molar-refractivity contribution in [3.8, 4) is 0 Å². The number of rotatable bonds is 6. The number of hydrogen-bond donors (Lipinski definition) is 1. The molecule has 2 aromatic rings. The van der Waals surface area contributed by atoms with E-state index in [2.05, 4.69) is 61.0 Å². The SMILES string of the molecule is Cc1cc(C)n(CCCNCc2ccc(C(C)(C)C)s2)n1. The fraction of sp³-hybridized carbons (Fsp3) is 0.588. The molecule has 0 aliphatic carbocycles. The number of aryl methyl sites for hydroxylation is 3. The van der Waals surface area contributed by atoms with Gasteiger partial charge in [-0.15, -0.1) is 11.3 Å². The third-order valence-electron chi connectivity index (χ3n) is 3.53. The van der Waals surface area contributed by atoms with Crippen molar-refractivity contribution in [2.24, 2.45) is 0 Å². The van der Waals surface area contributed by atoms with E-state index in [1.54, 1.807) is 0 Å². The second kappa shape index (κ2) is 6.75. The predicted molar refractivity (Wildman–Crippen MR) is 91.0 cm³/mol. The summed E-state index contributed by atoms with van der Waals surface area (Å²) in [5, 5.41) is 8.02. The highest BCUT2D eigenvalue weighted by Gasteiger charge is 2.15. The standard InChI is InChI=1S/C17H27N3S/c1-13-11-14(2)20(19-13)10-6-9-18-12-15-7-8-16(21-15)17(3,4)5/h7-8,11,18H,6,9-10,12H2,1-5H3. The number of hydrogen-bond acceptors (Lipinski definition) is 3. The van der Waals surface area contributed by atoms with E-state index in [0.717, 1.165) is 31.7 Å². The van der Waals surface area contributed by atoms with Crippen molar-refractivity contribution < 1.29 is 0 Å². The summed E-state index contributed by atoms with van der Waals surface area (Å²) in [5.74, 6) is 0. The van der Waals surface area contributed by atoms with Crippen LogP contribution in [0.15, 0.2) is 18.2 Å². The maximum atomic E-state index is 4.49. The van der Waals surface area contributed by atoms with Gasteiger partial charge in [-0.1, -0.05) is 20.8 Å². The average molecular weight is 305 g/mol. The molecule has 3 nitrogen and oxygen atoms in total. The van der Waals surface area contributed by atoms with Gasteiger partial charge in [0.2, 0.25) is 0 Å². The summed E-state index contributed by atoms with van der Waals surface area (Å²) in [6.45, 7) is 14.0. The highest BCUT2D eigenvalue weighted by atomic mass is 32.1. The highest BCUT2D eigenvalue weighted by molar-refractivity contribution is 7.12. The van der Waals surface area contributed by atoms with E-state index in [1.165, 1.54) is 15.4 Å². The lowest BCUT2D eigenvalue weighted by Gasteiger charge is -2.15. The van der Waals surface area contributed by atoms with Gasteiger partial charge in [-0.05, 0) is 50.4 Å². The summed E-state index contributed by atoms with van der Waals surface area (Å²) in [4.78, 5) is 2.88. The molecule has 2 aromatic heterocycles. The first-order chi connectivity index (χ1) is 9.86. The lowest BCUT2D eigenvalue weighted by atomic mass is 9.95. The Morgan fingerprint density at radius 3 is 2.57 bits per heavy atom. The van der Waals surface area contributed by atoms with Crippen LogP contribution in [-0.2, 0) is 18.5 Å². The van der Waals surface area contributed by atoms with E-state index < -0.39 is 0 Å². The summed E-state index contributed by atoms with van der Waals surface area (Å²) in [6, 6.07) is 6.64. The Morgan fingerprint density at radius 1 is 1.24 bits per heavy atom. The fourth-order valence-corrected chi connectivity index (χ4v) is 3.38. The minimum absolute atomic E-state index is 0.262. The zero-order valence-corrected chi connectivity index (χ0v) is 14.7. The highest BCUT2D eigenvalue weighted by Crippen LogP contribution is 2.29. The molecular weight excluding hydrogens is 278 g/mol. The molecule has 0 aliphatic rings. The third kappa shape index (κ3) is 4.68. The second-order valence-electron chi connectivity index (χ2n) is 6.70. The van der Waals surface area contributed by atoms with Gasteiger partial charge >= 0.3 is 0 Å². The zero-order chi connectivity index (χ0) is 15.5. The lowest BCUT2D eigenvalue weighted by Crippen LogP contribution is -2.16. The summed E-state index contributed by atoms with van der Waals surface area (Å²) in [5.41, 5.74) is 2.62. The van der Waals surface area contributed by atoms with E-state index in [0.29, 0.717) is 0 Å². The molecule has 0 aliphatic heterocycles. The molecule has 4 heteroatoms. The monoisotopic (exact) mass is 305 g/mol. The average Bonchev–Trinajstić information content (AvgIpc) is 2.96. The maximum absolute atomic E-state index is 4.49. The third-order valence-corrected chi connectivity index (χ3v) is 5.04. The van der Waals surface area contributed by atoms with Crippen molar-refractivity contribution in [2.45, 2.75) is 59.5 Å². The number of nitrogens with zero attached hydrogens (tertiary/aromatic N) is 2. The molecule has 0 fully saturated rings. The Hall–Kier alpha value is -1.13. The molecule has 0 saturated heterocycles. The number of aromatic nitrogens is 2. The smallest absolute Gasteiger partial charge is 0.0596 e. The van der Waals surface area contributed by atoms with E-state index in [9.17, 15) is 0 Å². The van der Waals surface area contributed by atoms with E-state index >= 15 is 0 Å². The van der Waals surface area contributed by atoms with E-state index in [-0.39, 0.29) is 5.41 Å². The summed E-state index contributed by atoms with van der Waals surface area (Å²) in [6.07, 6.45) is 1.11. The molecule has 1 N–H and O–H groups in total. The van der Waals surface area contributed by atoms with E-state index in [1.807, 2.05) is 18.3 Å². The molecule has 0 bridgehead atoms. The van der Waals surface area contributed by atoms with Crippen LogP contribution in [0, 0.1) is 13.8 Å². The van der Waals surface area contributed by atoms with Crippen molar-refractivity contribution in [1.29, 1.82) is 0 Å². The molecule has 2 rings (SSSR count). The Balaban J connectivity index is 1.70. The van der Waals surface area contributed by atoms with E-state index in [4.69, 9.17) is 0 Å². The topological polar surface area (TPSA) is 29.9 Å². The van der Waals surface area contributed by atoms with Gasteiger partial charge in [0.05, 0.1) is 5.69 Å². The van der Waals surface area contributed by atoms with Crippen LogP contribution in [0.4, 0.5) is 0 Å². The van der Waals surface area contributed by atoms with Crippen LogP contribution in [0.5, 0.6) is 0 Å². The molecule has 0 aromatic carbocycles. The summed E-state index contributed by atoms with van der Waals surface area (Å²) >= 11 is 1.92. The van der Waals surface area contributed by atoms with Gasteiger partial charge in [0.15, 0.2) is 0 Å². The van der Waals surface area contributed by atoms with Gasteiger partial charge in [-0.2, -0.15) is 5.10 Å². The van der Waals surface area contributed by atoms with Crippen LogP contribution in [0.3, 0.4) is 0 Å². The summed E-state index contributed by atoms with van der Waals surface area (Å²) < 4.78 is 2.10. The fourth-order valence-electron chi connectivity index (χ4n) is 2.34. The molecule has 116 valence electrons. The van der Waals surface area contributed by atoms with Gasteiger partial charge in [0.1, 0.15) is 0 Å². The van der Waals surface area contributed by atoms with Gasteiger partial charge in [-0.25, -0.2) is 0 Å². The van der Waals surface area contributed by atoms with Crippen molar-refractivity contribution in [2.75, 3.05) is 6.54 Å². The molecule has 0 amide bonds. The largest absolute Gasteiger partial charge is 0.312 e. The van der Waals surface area contributed by atoms with Crippen molar-refractivity contribution >= 4 is 11.3 Å². The first-order valence-electron chi connectivity index (χ1n) is 7.67. The zero-order valence-electron chi connectivity index (χ0n) is 13.9. The van der Waals surface area contributed by atoms with Crippen LogP contribution >= 0.6 is 11.3 Å². The van der Waals surface area contributed by atoms with Crippen molar-refractivity contribution in [1.82, 2.24) is 15.1 Å². The Morgan fingerprint density at radius 2 is 2.00 bits per heavy atom. The Labute approximate surface area is 132 Å². The first-order valence-corrected chi connectivity index (χ1v) is 8.49. The Bertz CT molecular complexity index is 575. The molecule has 0 radical (unpaired) electrons. The van der Waals surface area contributed by atoms with Gasteiger partial charge in [-0.3, -0.25) is 4.68 Å². The van der Waals surface area contributed by atoms with Crippen LogP contribution in [0.2, 0.25) is 0 Å². The molecule has 0 unspecified atom stereocenters. The van der Waals surface area contributed by atoms with Gasteiger partial charge in [0.25, 0.3) is 0 Å². The predicted octanol–water partition coefficient (Wildman–Crippen LogP) is 4.04. The number of thiophene rings is 1. The van der Waals surface area contributed by atoms with Crippen molar-refractivity contribution in [3.05, 3.63) is 39.3 Å². The molecule has 0 atom stereocenters. The quantitative estimate of drug-likeness (QED) is 0.816. The van der Waals surface area contributed by atoms with Crippen molar-refractivity contribution in [3.63, 3.8) is 0 Å². The summed E-state index contributed by atoms with van der Waals surface area (Å²) in [7, 11) is 0. The van der Waals surface area contributed by atoms with Gasteiger partial charge < -0.3 is 5.32 Å². The van der Waals surface area contributed by atoms with Crippen LogP contribution in [0.25, 0.3) is 0 Å². The first kappa shape index (κ1) is 16.2. The van der Waals surface area contributed by atoms with Gasteiger partial charge in [0, 0.05) is 28.5 Å². The second-order valence-corrected chi connectivity index (χ2v) is 7.86. The molecule has 2 heterocycles. The maximum Gasteiger partial charge on any atom is 0.0596 e. The van der Waals surface area contributed by atoms with Crippen LogP contribution < -0.4 is 5.32 Å². The molecule has 0 saturated carbocycles. The minimum Gasteiger partial charge on any atom is -0.312 e. The minimum atomic E-state index is 0.262. The Kier molecular flexibility index (Phi) is 5.22. The normalized spacial score (nSPS) is 12.0. The van der Waals surface area contributed by atoms with Crippen LogP contribution in [-0.4, -0.2) is 16.3 Å². The molecule has 0 spiro atoms.